The van der Waals surface area contributed by atoms with Crippen LogP contribution in [-0.4, -0.2) is 15.3 Å². The number of aromatic nitrogens is 2. The summed E-state index contributed by atoms with van der Waals surface area (Å²) < 4.78 is 5.01. The van der Waals surface area contributed by atoms with E-state index in [1.165, 1.54) is 11.5 Å². The highest BCUT2D eigenvalue weighted by atomic mass is 32.2. The van der Waals surface area contributed by atoms with Crippen LogP contribution in [-0.2, 0) is 5.75 Å². The van der Waals surface area contributed by atoms with Crippen LogP contribution in [0.15, 0.2) is 28.6 Å². The topological polar surface area (TPSA) is 80.9 Å². The maximum atomic E-state index is 11.6. The summed E-state index contributed by atoms with van der Waals surface area (Å²) >= 11 is 2.93. The van der Waals surface area contributed by atoms with Gasteiger partial charge in [-0.15, -0.1) is 0 Å². The van der Waals surface area contributed by atoms with Gasteiger partial charge in [-0.25, -0.2) is 10.8 Å². The van der Waals surface area contributed by atoms with Gasteiger partial charge in [0.1, 0.15) is 5.82 Å². The minimum Gasteiger partial charge on any atom is -0.290 e. The molecule has 0 bridgehead atoms. The Morgan fingerprint density at radius 2 is 2.28 bits per heavy atom. The van der Waals surface area contributed by atoms with Crippen LogP contribution in [0.5, 0.6) is 0 Å². The van der Waals surface area contributed by atoms with Gasteiger partial charge >= 0.3 is 0 Å². The number of carbonyl (C=O) groups is 1. The molecule has 7 heteroatoms. The number of benzene rings is 1. The summed E-state index contributed by atoms with van der Waals surface area (Å²) in [5, 5.41) is 0. The SMILES string of the molecule is Cc1nsc(SCc2ccccc2C(=O)NN)n1. The monoisotopic (exact) mass is 280 g/mol. The van der Waals surface area contributed by atoms with Crippen molar-refractivity contribution < 1.29 is 4.79 Å². The molecule has 2 rings (SSSR count). The molecule has 1 aromatic heterocycles. The van der Waals surface area contributed by atoms with Gasteiger partial charge in [-0.1, -0.05) is 30.0 Å². The molecular weight excluding hydrogens is 268 g/mol. The van der Waals surface area contributed by atoms with Crippen LogP contribution >= 0.6 is 23.3 Å². The average molecular weight is 280 g/mol. The first-order chi connectivity index (χ1) is 8.70. The number of hydrogen-bond acceptors (Lipinski definition) is 6. The molecule has 1 heterocycles. The number of hydrazine groups is 1. The molecule has 0 saturated carbocycles. The number of amides is 1. The normalized spacial score (nSPS) is 10.3. The number of rotatable bonds is 4. The molecule has 0 aliphatic carbocycles. The van der Waals surface area contributed by atoms with Crippen LogP contribution in [0.3, 0.4) is 0 Å². The van der Waals surface area contributed by atoms with E-state index in [1.54, 1.807) is 17.8 Å². The van der Waals surface area contributed by atoms with Crippen molar-refractivity contribution in [2.75, 3.05) is 0 Å². The molecule has 5 nitrogen and oxygen atoms in total. The van der Waals surface area contributed by atoms with Crippen molar-refractivity contribution in [3.63, 3.8) is 0 Å². The number of carbonyl (C=O) groups excluding carboxylic acids is 1. The molecule has 0 atom stereocenters. The zero-order valence-electron chi connectivity index (χ0n) is 9.71. The number of hydrogen-bond donors (Lipinski definition) is 2. The molecule has 0 unspecified atom stereocenters. The molecule has 1 amide bonds. The highest BCUT2D eigenvalue weighted by Gasteiger charge is 2.10. The van der Waals surface area contributed by atoms with Crippen molar-refractivity contribution in [3.8, 4) is 0 Å². The molecule has 0 saturated heterocycles. The van der Waals surface area contributed by atoms with E-state index in [0.717, 1.165) is 15.7 Å². The number of nitrogens with two attached hydrogens (primary N) is 1. The van der Waals surface area contributed by atoms with Gasteiger partial charge in [0.05, 0.1) is 0 Å². The lowest BCUT2D eigenvalue weighted by atomic mass is 10.1. The van der Waals surface area contributed by atoms with Gasteiger partial charge in [0.2, 0.25) is 0 Å². The van der Waals surface area contributed by atoms with Gasteiger partial charge < -0.3 is 0 Å². The second-order valence-corrected chi connectivity index (χ2v) is 5.50. The second-order valence-electron chi connectivity index (χ2n) is 3.53. The van der Waals surface area contributed by atoms with Crippen LogP contribution in [0.1, 0.15) is 21.7 Å². The number of nitrogen functional groups attached to an aromatic ring is 1. The van der Waals surface area contributed by atoms with Gasteiger partial charge in [-0.2, -0.15) is 4.37 Å². The maximum Gasteiger partial charge on any atom is 0.265 e. The van der Waals surface area contributed by atoms with Crippen molar-refractivity contribution in [1.29, 1.82) is 0 Å². The summed E-state index contributed by atoms with van der Waals surface area (Å²) in [5.41, 5.74) is 3.67. The van der Waals surface area contributed by atoms with E-state index in [-0.39, 0.29) is 5.91 Å². The first-order valence-corrected chi connectivity index (χ1v) is 6.98. The number of nitrogens with zero attached hydrogens (tertiary/aromatic N) is 2. The fourth-order valence-corrected chi connectivity index (χ4v) is 3.07. The van der Waals surface area contributed by atoms with Crippen LogP contribution in [0.2, 0.25) is 0 Å². The molecule has 18 heavy (non-hydrogen) atoms. The fourth-order valence-electron chi connectivity index (χ4n) is 1.42. The molecule has 1 aromatic carbocycles. The molecule has 0 spiro atoms. The molecule has 0 radical (unpaired) electrons. The predicted molar refractivity (Wildman–Crippen MR) is 72.3 cm³/mol. The molecule has 3 N–H and O–H groups in total. The van der Waals surface area contributed by atoms with Gasteiger partial charge in [0.25, 0.3) is 5.91 Å². The van der Waals surface area contributed by atoms with E-state index in [9.17, 15) is 4.79 Å². The molecule has 0 aliphatic heterocycles. The van der Waals surface area contributed by atoms with Crippen molar-refractivity contribution in [2.24, 2.45) is 5.84 Å². The van der Waals surface area contributed by atoms with Crippen molar-refractivity contribution >= 4 is 29.2 Å². The lowest BCUT2D eigenvalue weighted by Crippen LogP contribution is -2.30. The van der Waals surface area contributed by atoms with E-state index in [2.05, 4.69) is 14.8 Å². The van der Waals surface area contributed by atoms with Crippen LogP contribution in [0.4, 0.5) is 0 Å². The Balaban J connectivity index is 2.11. The summed E-state index contributed by atoms with van der Waals surface area (Å²) in [5.74, 6) is 6.32. The summed E-state index contributed by atoms with van der Waals surface area (Å²) in [7, 11) is 0. The molecule has 0 fully saturated rings. The molecule has 0 aliphatic rings. The Bertz CT molecular complexity index is 555. The maximum absolute atomic E-state index is 11.6. The lowest BCUT2D eigenvalue weighted by molar-refractivity contribution is 0.0953. The largest absolute Gasteiger partial charge is 0.290 e. The zero-order chi connectivity index (χ0) is 13.0. The summed E-state index contributed by atoms with van der Waals surface area (Å²) in [6.07, 6.45) is 0. The fraction of sp³-hybridized carbons (Fsp3) is 0.182. The minimum absolute atomic E-state index is 0.278. The molecule has 2 aromatic rings. The van der Waals surface area contributed by atoms with Crippen LogP contribution < -0.4 is 11.3 Å². The second kappa shape index (κ2) is 5.94. The quantitative estimate of drug-likeness (QED) is 0.386. The van der Waals surface area contributed by atoms with E-state index >= 15 is 0 Å². The van der Waals surface area contributed by atoms with E-state index in [0.29, 0.717) is 11.3 Å². The Labute approximate surface area is 113 Å². The van der Waals surface area contributed by atoms with Crippen LogP contribution in [0, 0.1) is 6.92 Å². The third-order valence-electron chi connectivity index (χ3n) is 2.25. The van der Waals surface area contributed by atoms with E-state index in [4.69, 9.17) is 5.84 Å². The molecule has 94 valence electrons. The van der Waals surface area contributed by atoms with E-state index < -0.39 is 0 Å². The molecular formula is C11H12N4OS2. The summed E-state index contributed by atoms with van der Waals surface area (Å²) in [4.78, 5) is 15.8. The van der Waals surface area contributed by atoms with Gasteiger partial charge in [-0.3, -0.25) is 10.2 Å². The van der Waals surface area contributed by atoms with Crippen LogP contribution in [0.25, 0.3) is 0 Å². The van der Waals surface area contributed by atoms with Gasteiger partial charge in [0.15, 0.2) is 4.34 Å². The third kappa shape index (κ3) is 3.06. The Hall–Kier alpha value is -1.44. The third-order valence-corrected chi connectivity index (χ3v) is 4.23. The standard InChI is InChI=1S/C11H12N4OS2/c1-7-13-11(18-15-7)17-6-8-4-2-3-5-9(8)10(16)14-12/h2-5H,6,12H2,1H3,(H,14,16). The lowest BCUT2D eigenvalue weighted by Gasteiger charge is -2.06. The number of thioether (sulfide) groups is 1. The minimum atomic E-state index is -0.278. The average Bonchev–Trinajstić information content (AvgIpc) is 2.81. The Kier molecular flexibility index (Phi) is 4.29. The van der Waals surface area contributed by atoms with Gasteiger partial charge in [-0.05, 0) is 30.1 Å². The predicted octanol–water partition coefficient (Wildman–Crippen LogP) is 1.74. The van der Waals surface area contributed by atoms with Crippen molar-refractivity contribution in [3.05, 3.63) is 41.2 Å². The number of nitrogens with one attached hydrogen (secondary N) is 1. The Morgan fingerprint density at radius 1 is 1.50 bits per heavy atom. The highest BCUT2D eigenvalue weighted by molar-refractivity contribution is 8.00. The first kappa shape index (κ1) is 13.0. The zero-order valence-corrected chi connectivity index (χ0v) is 11.3. The first-order valence-electron chi connectivity index (χ1n) is 5.22. The van der Waals surface area contributed by atoms with Crippen molar-refractivity contribution in [1.82, 2.24) is 14.8 Å². The highest BCUT2D eigenvalue weighted by Crippen LogP contribution is 2.25. The smallest absolute Gasteiger partial charge is 0.265 e. The summed E-state index contributed by atoms with van der Waals surface area (Å²) in [6, 6.07) is 7.37. The van der Waals surface area contributed by atoms with Gasteiger partial charge in [0, 0.05) is 11.3 Å². The summed E-state index contributed by atoms with van der Waals surface area (Å²) in [6.45, 7) is 1.86. The van der Waals surface area contributed by atoms with Crippen molar-refractivity contribution in [2.45, 2.75) is 17.0 Å². The Morgan fingerprint density at radius 3 is 2.94 bits per heavy atom. The number of aryl methyl sites for hydroxylation is 1. The van der Waals surface area contributed by atoms with E-state index in [1.807, 2.05) is 25.1 Å².